The van der Waals surface area contributed by atoms with Gasteiger partial charge in [0, 0.05) is 36.2 Å². The quantitative estimate of drug-likeness (QED) is 0.0217. The van der Waals surface area contributed by atoms with Gasteiger partial charge in [-0.2, -0.15) is 0 Å². The van der Waals surface area contributed by atoms with Gasteiger partial charge in [-0.1, -0.05) is 38.0 Å². The number of nitrogens with one attached hydrogen (secondary N) is 4. The zero-order chi connectivity index (χ0) is 68.6. The van der Waals surface area contributed by atoms with Gasteiger partial charge in [-0.25, -0.2) is 18.9 Å². The summed E-state index contributed by atoms with van der Waals surface area (Å²) in [7, 11) is 1.61. The number of ether oxygens (including phenoxy) is 12. The van der Waals surface area contributed by atoms with Crippen LogP contribution in [0.25, 0.3) is 22.3 Å². The number of esters is 1. The Labute approximate surface area is 557 Å². The van der Waals surface area contributed by atoms with Crippen LogP contribution in [-0.2, 0) is 127 Å². The standard InChI is InChI=1S/C68H90FN9O18/c1-9-17-86-22-25-90-30-32-93-33-31-91-26-23-87-18-15-58(79)74-61(43(3)4)64(81)70-45(6)63(80)71-48-12-11-46(47(34-48)39-94-41-49-37-77(76-75-49)16-19-88-24-27-92-29-28-89-21-20-85-8)40-96-67(84)73-55-14-13-50-44(5)54(69)36-56-59(50)60(55)51-38-78-57(62(51)72-56)35-53-52(65(78)82)42-95-66(83)68(53,7)10-2/h1,11-12,34-37,43,45,55,61H,10,13-33,38-42H2,2-8H3,(H,70,81)(H,71,80)(H,73,84)(H,74,79)/t45-,55-,61-,68+/m0/s1. The molecule has 8 rings (SSSR count). The molecule has 1 aliphatic carbocycles. The number of carbonyl (C=O) groups is 5. The van der Waals surface area contributed by atoms with Crippen LogP contribution in [0.3, 0.4) is 0 Å². The number of carbonyl (C=O) groups excluding carboxylic acids is 5. The number of hydrogen-bond acceptors (Lipinski definition) is 21. The molecule has 5 heterocycles. The van der Waals surface area contributed by atoms with Crippen LogP contribution in [-0.4, -0.2) is 186 Å². The molecule has 96 heavy (non-hydrogen) atoms. The van der Waals surface area contributed by atoms with Gasteiger partial charge in [-0.3, -0.25) is 24.0 Å². The monoisotopic (exact) mass is 1340 g/mol. The van der Waals surface area contributed by atoms with E-state index in [2.05, 4.69) is 37.5 Å². The third kappa shape index (κ3) is 19.9. The highest BCUT2D eigenvalue weighted by Gasteiger charge is 2.44. The molecule has 2 aliphatic heterocycles. The number of pyridine rings is 2. The maximum atomic E-state index is 15.7. The third-order valence-corrected chi connectivity index (χ3v) is 16.9. The number of alkyl carbamates (subject to hydrolysis) is 1. The molecular formula is C68H90FN9O18. The lowest BCUT2D eigenvalue weighted by Crippen LogP contribution is -2.53. The first kappa shape index (κ1) is 74.0. The minimum Gasteiger partial charge on any atom is -0.460 e. The van der Waals surface area contributed by atoms with E-state index < -0.39 is 59.1 Å². The Morgan fingerprint density at radius 2 is 1.44 bits per heavy atom. The summed E-state index contributed by atoms with van der Waals surface area (Å²) in [6.07, 6.45) is 7.29. The van der Waals surface area contributed by atoms with Crippen molar-refractivity contribution in [3.63, 3.8) is 0 Å². The minimum atomic E-state index is -1.07. The molecule has 27 nitrogen and oxygen atoms in total. The molecule has 0 fully saturated rings. The van der Waals surface area contributed by atoms with Crippen molar-refractivity contribution in [1.29, 1.82) is 0 Å². The highest BCUT2D eigenvalue weighted by molar-refractivity contribution is 5.98. The molecule has 0 unspecified atom stereocenters. The van der Waals surface area contributed by atoms with Crippen LogP contribution in [0.5, 0.6) is 0 Å². The fourth-order valence-corrected chi connectivity index (χ4v) is 11.4. The molecule has 0 radical (unpaired) electrons. The average molecular weight is 1340 g/mol. The number of rotatable bonds is 42. The molecule has 0 saturated carbocycles. The summed E-state index contributed by atoms with van der Waals surface area (Å²) in [6.45, 7) is 16.9. The van der Waals surface area contributed by atoms with Gasteiger partial charge in [0.2, 0.25) is 17.7 Å². The zero-order valence-corrected chi connectivity index (χ0v) is 55.9. The van der Waals surface area contributed by atoms with Gasteiger partial charge in [0.15, 0.2) is 0 Å². The van der Waals surface area contributed by atoms with Crippen LogP contribution in [0.15, 0.2) is 41.3 Å². The van der Waals surface area contributed by atoms with Crippen LogP contribution < -0.4 is 26.8 Å². The first-order valence-corrected chi connectivity index (χ1v) is 32.5. The Hall–Kier alpha value is -7.82. The van der Waals surface area contributed by atoms with E-state index in [0.29, 0.717) is 191 Å². The van der Waals surface area contributed by atoms with Gasteiger partial charge < -0.3 is 82.7 Å². The van der Waals surface area contributed by atoms with Gasteiger partial charge in [0.1, 0.15) is 43.4 Å². The Balaban J connectivity index is 0.883. The van der Waals surface area contributed by atoms with E-state index in [1.165, 1.54) is 13.0 Å². The van der Waals surface area contributed by atoms with E-state index in [1.807, 2.05) is 13.0 Å². The number of fused-ring (bicyclic) bond motifs is 5. The number of methoxy groups -OCH3 is 1. The molecule has 522 valence electrons. The maximum Gasteiger partial charge on any atom is 0.407 e. The number of benzene rings is 2. The molecule has 4 N–H and O–H groups in total. The number of anilines is 1. The summed E-state index contributed by atoms with van der Waals surface area (Å²) in [4.78, 5) is 87.1. The summed E-state index contributed by atoms with van der Waals surface area (Å²) in [5.41, 5.74) is 5.49. The molecule has 4 amide bonds. The third-order valence-electron chi connectivity index (χ3n) is 16.9. The van der Waals surface area contributed by atoms with Crippen molar-refractivity contribution in [1.82, 2.24) is 40.5 Å². The van der Waals surface area contributed by atoms with Crippen molar-refractivity contribution in [3.05, 3.63) is 103 Å². The lowest BCUT2D eigenvalue weighted by molar-refractivity contribution is -0.153. The first-order chi connectivity index (χ1) is 46.5. The van der Waals surface area contributed by atoms with E-state index in [0.717, 1.165) is 5.56 Å². The van der Waals surface area contributed by atoms with E-state index in [-0.39, 0.29) is 70.7 Å². The fraction of sp³-hybridized carbons (Fsp3) is 0.574. The predicted molar refractivity (Wildman–Crippen MR) is 347 cm³/mol. The Morgan fingerprint density at radius 1 is 0.781 bits per heavy atom. The lowest BCUT2D eigenvalue weighted by Gasteiger charge is -2.33. The second-order valence-corrected chi connectivity index (χ2v) is 23.8. The van der Waals surface area contributed by atoms with Gasteiger partial charge in [-0.05, 0) is 97.5 Å². The SMILES string of the molecule is C#CCOCCOCCOCCOCCOCCC(=O)N[C@H](C(=O)N[C@@H](C)C(=O)Nc1ccc(COC(=O)N[C@H]2CCc3c(C)c(F)cc4nc5c(c2c34)Cn2c-5cc3c(c2=O)COC(=O)[C@]3(C)CC)c(COCc2cn(CCOCCOCCOCCOC)nn2)c1)C(C)C. The normalized spacial score (nSPS) is 15.9. The van der Waals surface area contributed by atoms with Gasteiger partial charge in [0.05, 0.1) is 172 Å². The van der Waals surface area contributed by atoms with Crippen molar-refractivity contribution in [2.24, 2.45) is 5.92 Å². The molecule has 4 atom stereocenters. The minimum absolute atomic E-state index is 0.0140. The van der Waals surface area contributed by atoms with Crippen molar-refractivity contribution in [3.8, 4) is 23.7 Å². The Bertz CT molecular complexity index is 3580. The fourth-order valence-electron chi connectivity index (χ4n) is 11.4. The van der Waals surface area contributed by atoms with Crippen molar-refractivity contribution in [2.45, 2.75) is 130 Å². The summed E-state index contributed by atoms with van der Waals surface area (Å²) < 4.78 is 85.3. The van der Waals surface area contributed by atoms with Crippen LogP contribution in [0.4, 0.5) is 14.9 Å². The van der Waals surface area contributed by atoms with E-state index in [4.69, 9.17) is 68.2 Å². The number of terminal acetylenes is 1. The van der Waals surface area contributed by atoms with Gasteiger partial charge in [0.25, 0.3) is 5.56 Å². The zero-order valence-electron chi connectivity index (χ0n) is 55.9. The second kappa shape index (κ2) is 37.1. The van der Waals surface area contributed by atoms with E-state index in [1.54, 1.807) is 68.4 Å². The van der Waals surface area contributed by atoms with E-state index >= 15 is 4.39 Å². The molecule has 3 aliphatic rings. The number of aryl methyl sites for hydroxylation is 1. The van der Waals surface area contributed by atoms with Crippen molar-refractivity contribution < 1.29 is 85.2 Å². The Kier molecular flexibility index (Phi) is 28.6. The topological polar surface area (TPSA) is 310 Å². The molecule has 0 spiro atoms. The number of halogens is 1. The van der Waals surface area contributed by atoms with Crippen LogP contribution in [0.2, 0.25) is 0 Å². The number of aromatic nitrogens is 5. The summed E-state index contributed by atoms with van der Waals surface area (Å²) in [5, 5.41) is 20.6. The van der Waals surface area contributed by atoms with Crippen LogP contribution in [0.1, 0.15) is 110 Å². The molecule has 0 bridgehead atoms. The second-order valence-electron chi connectivity index (χ2n) is 23.8. The number of nitrogens with zero attached hydrogens (tertiary/aromatic N) is 5. The predicted octanol–water partition coefficient (Wildman–Crippen LogP) is 5.21. The molecular weight excluding hydrogens is 1250 g/mol. The van der Waals surface area contributed by atoms with Crippen LogP contribution >= 0.6 is 0 Å². The number of cyclic esters (lactones) is 1. The van der Waals surface area contributed by atoms with Crippen LogP contribution in [0, 0.1) is 31.0 Å². The maximum absolute atomic E-state index is 15.7. The summed E-state index contributed by atoms with van der Waals surface area (Å²) in [5.74, 6) is -0.323. The number of amides is 4. The van der Waals surface area contributed by atoms with Crippen molar-refractivity contribution in [2.75, 3.05) is 125 Å². The smallest absolute Gasteiger partial charge is 0.407 e. The molecule has 3 aromatic heterocycles. The molecule has 5 aromatic rings. The van der Waals surface area contributed by atoms with Gasteiger partial charge >= 0.3 is 12.1 Å². The Morgan fingerprint density at radius 3 is 2.09 bits per heavy atom. The average Bonchev–Trinajstić information content (AvgIpc) is 1.48. The highest BCUT2D eigenvalue weighted by atomic mass is 19.1. The van der Waals surface area contributed by atoms with E-state index in [9.17, 15) is 28.8 Å². The number of hydrogen-bond donors (Lipinski definition) is 4. The van der Waals surface area contributed by atoms with Crippen molar-refractivity contribution >= 4 is 46.4 Å². The summed E-state index contributed by atoms with van der Waals surface area (Å²) in [6, 6.07) is 5.55. The molecule has 0 saturated heterocycles. The first-order valence-electron chi connectivity index (χ1n) is 32.5. The summed E-state index contributed by atoms with van der Waals surface area (Å²) >= 11 is 0. The largest absolute Gasteiger partial charge is 0.460 e. The highest BCUT2D eigenvalue weighted by Crippen LogP contribution is 2.46. The molecule has 2 aromatic carbocycles. The molecule has 28 heteroatoms. The lowest BCUT2D eigenvalue weighted by atomic mass is 9.76. The van der Waals surface area contributed by atoms with Gasteiger partial charge in [-0.15, -0.1) is 11.5 Å².